The molecule has 0 bridgehead atoms. The van der Waals surface area contributed by atoms with Crippen LogP contribution in [-0.4, -0.2) is 56.5 Å². The van der Waals surface area contributed by atoms with E-state index < -0.39 is 34.5 Å². The predicted octanol–water partition coefficient (Wildman–Crippen LogP) is -1.09. The van der Waals surface area contributed by atoms with Crippen molar-refractivity contribution in [3.8, 4) is 5.75 Å². The third kappa shape index (κ3) is 3.71. The number of aryl methyl sites for hydroxylation is 1. The van der Waals surface area contributed by atoms with E-state index in [1.54, 1.807) is 4.90 Å². The standard InChI is InChI=1S/C22H21F2N3O4.Na/c23-13-5-3-12(16(24)8-13)4-6-17(28)15-10-25-11-18-26-7-1-2-14(26)9-27(18)22(31)19(25)21(30)20(15)29;/h3,5,8,10,14,18,30H,1-2,4,6-7,9,11H2;/q;+1/t14-,18+;/m1./s1. The maximum Gasteiger partial charge on any atom is 1.00 e. The predicted molar refractivity (Wildman–Crippen MR) is 106 cm³/mol. The Hall–Kier alpha value is -2.07. The maximum atomic E-state index is 13.8. The molecule has 1 aromatic heterocycles. The fourth-order valence-corrected chi connectivity index (χ4v) is 5.03. The fraction of sp³-hybridized carbons (Fsp3) is 0.409. The van der Waals surface area contributed by atoms with Crippen LogP contribution in [0.25, 0.3) is 0 Å². The number of carbonyl (C=O) groups is 2. The van der Waals surface area contributed by atoms with Crippen LogP contribution in [0.3, 0.4) is 0 Å². The van der Waals surface area contributed by atoms with Gasteiger partial charge in [-0.25, -0.2) is 8.78 Å². The van der Waals surface area contributed by atoms with Gasteiger partial charge < -0.3 is 14.6 Å². The maximum absolute atomic E-state index is 13.8. The number of benzene rings is 1. The zero-order valence-corrected chi connectivity index (χ0v) is 19.7. The Bertz CT molecular complexity index is 1170. The van der Waals surface area contributed by atoms with Gasteiger partial charge in [-0.15, -0.1) is 0 Å². The van der Waals surface area contributed by atoms with Crippen molar-refractivity contribution in [1.29, 1.82) is 0 Å². The number of aromatic nitrogens is 1. The largest absolute Gasteiger partial charge is 1.00 e. The van der Waals surface area contributed by atoms with Crippen molar-refractivity contribution in [3.63, 3.8) is 0 Å². The van der Waals surface area contributed by atoms with E-state index in [-0.39, 0.29) is 71.4 Å². The summed E-state index contributed by atoms with van der Waals surface area (Å²) in [4.78, 5) is 42.3. The van der Waals surface area contributed by atoms with E-state index in [1.165, 1.54) is 16.8 Å². The minimum absolute atomic E-state index is 0. The number of fused-ring (bicyclic) bond motifs is 4. The van der Waals surface area contributed by atoms with Gasteiger partial charge in [0.05, 0.1) is 12.1 Å². The minimum Gasteiger partial charge on any atom is -0.503 e. The van der Waals surface area contributed by atoms with Gasteiger partial charge in [0.15, 0.2) is 17.2 Å². The normalized spacial score (nSPS) is 21.7. The fourth-order valence-electron chi connectivity index (χ4n) is 5.03. The quantitative estimate of drug-likeness (QED) is 0.471. The van der Waals surface area contributed by atoms with Crippen molar-refractivity contribution in [2.75, 3.05) is 13.1 Å². The van der Waals surface area contributed by atoms with Crippen molar-refractivity contribution >= 4 is 11.7 Å². The summed E-state index contributed by atoms with van der Waals surface area (Å²) in [6, 6.07) is 3.39. The number of ketones is 1. The summed E-state index contributed by atoms with van der Waals surface area (Å²) in [7, 11) is 0. The van der Waals surface area contributed by atoms with E-state index in [0.717, 1.165) is 31.5 Å². The number of carbonyl (C=O) groups excluding carboxylic acids is 2. The third-order valence-corrected chi connectivity index (χ3v) is 6.59. The number of amides is 1. The molecule has 3 aliphatic rings. The summed E-state index contributed by atoms with van der Waals surface area (Å²) >= 11 is 0. The van der Waals surface area contributed by atoms with Crippen LogP contribution in [-0.2, 0) is 13.0 Å². The van der Waals surface area contributed by atoms with Crippen molar-refractivity contribution in [2.45, 2.75) is 44.4 Å². The Morgan fingerprint density at radius 1 is 1.19 bits per heavy atom. The molecule has 1 N–H and O–H groups in total. The minimum atomic E-state index is -0.901. The zero-order chi connectivity index (χ0) is 21.9. The second-order valence-electron chi connectivity index (χ2n) is 8.35. The molecule has 4 heterocycles. The third-order valence-electron chi connectivity index (χ3n) is 6.59. The monoisotopic (exact) mass is 452 g/mol. The Morgan fingerprint density at radius 2 is 1.97 bits per heavy atom. The number of rotatable bonds is 4. The van der Waals surface area contributed by atoms with Gasteiger partial charge in [-0.1, -0.05) is 6.07 Å². The first kappa shape index (κ1) is 23.1. The van der Waals surface area contributed by atoms with Crippen LogP contribution in [0.4, 0.5) is 8.78 Å². The van der Waals surface area contributed by atoms with Gasteiger partial charge in [-0.05, 0) is 30.9 Å². The second-order valence-corrected chi connectivity index (χ2v) is 8.35. The summed E-state index contributed by atoms with van der Waals surface area (Å²) in [5.41, 5.74) is -1.07. The summed E-state index contributed by atoms with van der Waals surface area (Å²) in [5, 5.41) is 10.5. The molecule has 2 saturated heterocycles. The summed E-state index contributed by atoms with van der Waals surface area (Å²) in [6.45, 7) is 1.81. The molecule has 162 valence electrons. The first-order valence-electron chi connectivity index (χ1n) is 10.4. The van der Waals surface area contributed by atoms with Crippen molar-refractivity contribution < 1.29 is 53.0 Å². The Balaban J connectivity index is 0.00000245. The second kappa shape index (κ2) is 8.70. The Kier molecular flexibility index (Phi) is 6.28. The van der Waals surface area contributed by atoms with Gasteiger partial charge in [0.2, 0.25) is 5.43 Å². The van der Waals surface area contributed by atoms with E-state index >= 15 is 0 Å². The molecule has 2 fully saturated rings. The molecule has 5 rings (SSSR count). The van der Waals surface area contributed by atoms with Crippen molar-refractivity contribution in [2.24, 2.45) is 0 Å². The first-order chi connectivity index (χ1) is 14.8. The van der Waals surface area contributed by atoms with Crippen LogP contribution in [0.2, 0.25) is 0 Å². The number of nitrogens with zero attached hydrogens (tertiary/aromatic N) is 3. The van der Waals surface area contributed by atoms with Crippen molar-refractivity contribution in [1.82, 2.24) is 14.4 Å². The number of pyridine rings is 1. The Morgan fingerprint density at radius 3 is 2.72 bits per heavy atom. The van der Waals surface area contributed by atoms with Crippen LogP contribution in [0.1, 0.15) is 45.7 Å². The molecule has 0 spiro atoms. The van der Waals surface area contributed by atoms with E-state index in [0.29, 0.717) is 13.1 Å². The smallest absolute Gasteiger partial charge is 0.503 e. The first-order valence-corrected chi connectivity index (χ1v) is 10.4. The summed E-state index contributed by atoms with van der Waals surface area (Å²) in [6.07, 6.45) is 3.04. The topological polar surface area (TPSA) is 82.8 Å². The van der Waals surface area contributed by atoms with Crippen LogP contribution >= 0.6 is 0 Å². The molecule has 0 saturated carbocycles. The number of hydrogen-bond acceptors (Lipinski definition) is 5. The molecule has 2 aromatic rings. The van der Waals surface area contributed by atoms with Gasteiger partial charge in [-0.3, -0.25) is 19.3 Å². The van der Waals surface area contributed by atoms with E-state index in [2.05, 4.69) is 4.90 Å². The SMILES string of the molecule is O=C(CCc1ccc(F)cc1F)c1cn2c(c(O)c1=O)C(=O)N1C[C@H]3CCCN3[C@@H]1C2.[Na+]. The average Bonchev–Trinajstić information content (AvgIpc) is 3.32. The summed E-state index contributed by atoms with van der Waals surface area (Å²) in [5.74, 6) is -3.18. The van der Waals surface area contributed by atoms with Crippen LogP contribution < -0.4 is 35.0 Å². The van der Waals surface area contributed by atoms with Crippen LogP contribution in [0.5, 0.6) is 5.75 Å². The molecular formula is C22H21F2N3NaO4+. The molecule has 1 amide bonds. The number of halogens is 2. The van der Waals surface area contributed by atoms with Gasteiger partial charge in [0.1, 0.15) is 17.8 Å². The van der Waals surface area contributed by atoms with Crippen LogP contribution in [0.15, 0.2) is 29.2 Å². The molecule has 3 aliphatic heterocycles. The van der Waals surface area contributed by atoms with Gasteiger partial charge >= 0.3 is 29.6 Å². The van der Waals surface area contributed by atoms with E-state index in [4.69, 9.17) is 0 Å². The van der Waals surface area contributed by atoms with Gasteiger partial charge in [0.25, 0.3) is 5.91 Å². The average molecular weight is 452 g/mol. The van der Waals surface area contributed by atoms with Crippen LogP contribution in [0, 0.1) is 11.6 Å². The number of aromatic hydroxyl groups is 1. The number of Topliss-reactive ketones (excluding diaryl/α,β-unsaturated/α-hetero) is 1. The molecular weight excluding hydrogens is 431 g/mol. The van der Waals surface area contributed by atoms with Gasteiger partial charge in [0, 0.05) is 37.8 Å². The molecule has 0 radical (unpaired) electrons. The molecule has 2 atom stereocenters. The Labute approximate surface area is 204 Å². The van der Waals surface area contributed by atoms with E-state index in [9.17, 15) is 28.3 Å². The summed E-state index contributed by atoms with van der Waals surface area (Å²) < 4.78 is 28.4. The molecule has 10 heteroatoms. The molecule has 0 unspecified atom stereocenters. The zero-order valence-electron chi connectivity index (χ0n) is 17.7. The molecule has 0 aliphatic carbocycles. The van der Waals surface area contributed by atoms with Crippen molar-refractivity contribution in [3.05, 3.63) is 63.1 Å². The molecule has 1 aromatic carbocycles. The number of hydrogen-bond donors (Lipinski definition) is 1. The van der Waals surface area contributed by atoms with Gasteiger partial charge in [-0.2, -0.15) is 0 Å². The van der Waals surface area contributed by atoms with E-state index in [1.807, 2.05) is 0 Å². The molecule has 32 heavy (non-hydrogen) atoms. The molecule has 7 nitrogen and oxygen atoms in total.